The Labute approximate surface area is 228 Å². The summed E-state index contributed by atoms with van der Waals surface area (Å²) >= 11 is 1.24. The standard InChI is InChI=1S/C28H25N3O7S/c29-22-24(32)30-16-28(17-39-25(22)30,26(33)37-15-18-11-13-21(14-12-18)31(35)36)27(34)38-23(19-7-3-1-4-8-19)20-9-5-2-6-10-20/h1-14,22-23,25H,15-17,29H2/t22?,25-,28?/m1/s1. The third-order valence-corrected chi connectivity index (χ3v) is 8.40. The largest absolute Gasteiger partial charge is 0.460 e. The number of hydrogen-bond acceptors (Lipinski definition) is 9. The van der Waals surface area contributed by atoms with E-state index in [1.165, 1.54) is 40.9 Å². The lowest BCUT2D eigenvalue weighted by atomic mass is 9.86. The Balaban J connectivity index is 1.42. The van der Waals surface area contributed by atoms with Crippen molar-refractivity contribution in [1.82, 2.24) is 4.90 Å². The maximum Gasteiger partial charge on any atom is 0.327 e. The van der Waals surface area contributed by atoms with E-state index >= 15 is 0 Å². The van der Waals surface area contributed by atoms with Crippen LogP contribution >= 0.6 is 11.8 Å². The first kappa shape index (κ1) is 26.4. The Morgan fingerprint density at radius 1 is 1.00 bits per heavy atom. The number of nitro benzene ring substituents is 1. The summed E-state index contributed by atoms with van der Waals surface area (Å²) in [5.41, 5.74) is 5.98. The van der Waals surface area contributed by atoms with Crippen molar-refractivity contribution >= 4 is 35.3 Å². The fraction of sp³-hybridized carbons (Fsp3) is 0.250. The van der Waals surface area contributed by atoms with Crippen LogP contribution in [-0.2, 0) is 30.5 Å². The number of fused-ring (bicyclic) bond motifs is 1. The van der Waals surface area contributed by atoms with E-state index in [1.54, 1.807) is 0 Å². The molecule has 0 aliphatic carbocycles. The number of amides is 1. The number of non-ortho nitro benzene ring substituents is 1. The second kappa shape index (κ2) is 10.9. The Bertz CT molecular complexity index is 1350. The molecule has 0 bridgehead atoms. The number of carbonyl (C=O) groups excluding carboxylic acids is 3. The molecule has 3 aromatic rings. The fourth-order valence-electron chi connectivity index (χ4n) is 4.61. The molecule has 2 aliphatic heterocycles. The van der Waals surface area contributed by atoms with Crippen LogP contribution in [0.25, 0.3) is 0 Å². The first-order valence-electron chi connectivity index (χ1n) is 12.2. The predicted octanol–water partition coefficient (Wildman–Crippen LogP) is 3.20. The van der Waals surface area contributed by atoms with Gasteiger partial charge in [0.05, 0.1) is 4.92 Å². The van der Waals surface area contributed by atoms with Crippen molar-refractivity contribution in [2.45, 2.75) is 24.1 Å². The van der Waals surface area contributed by atoms with Gasteiger partial charge in [-0.05, 0) is 28.8 Å². The third kappa shape index (κ3) is 5.10. The van der Waals surface area contributed by atoms with Crippen molar-refractivity contribution in [2.75, 3.05) is 12.3 Å². The van der Waals surface area contributed by atoms with E-state index in [4.69, 9.17) is 15.2 Å². The zero-order valence-corrected chi connectivity index (χ0v) is 21.5. The van der Waals surface area contributed by atoms with Crippen LogP contribution in [0, 0.1) is 15.5 Å². The van der Waals surface area contributed by atoms with Gasteiger partial charge in [0.2, 0.25) is 5.91 Å². The van der Waals surface area contributed by atoms with Gasteiger partial charge in [0.25, 0.3) is 5.69 Å². The minimum atomic E-state index is -1.79. The van der Waals surface area contributed by atoms with Crippen LogP contribution < -0.4 is 5.73 Å². The topological polar surface area (TPSA) is 142 Å². The van der Waals surface area contributed by atoms with Gasteiger partial charge in [0.1, 0.15) is 18.0 Å². The fourth-order valence-corrected chi connectivity index (χ4v) is 6.08. The highest BCUT2D eigenvalue weighted by atomic mass is 32.2. The molecular formula is C28H25N3O7S. The molecule has 11 heteroatoms. The van der Waals surface area contributed by atoms with Crippen LogP contribution in [0.2, 0.25) is 0 Å². The van der Waals surface area contributed by atoms with E-state index in [1.807, 2.05) is 60.7 Å². The van der Waals surface area contributed by atoms with E-state index in [0.29, 0.717) is 5.56 Å². The first-order valence-corrected chi connectivity index (χ1v) is 13.2. The highest BCUT2D eigenvalue weighted by molar-refractivity contribution is 8.00. The minimum absolute atomic E-state index is 0.0172. The average Bonchev–Trinajstić information content (AvgIpc) is 2.98. The summed E-state index contributed by atoms with van der Waals surface area (Å²) < 4.78 is 11.6. The van der Waals surface area contributed by atoms with E-state index in [2.05, 4.69) is 0 Å². The number of benzene rings is 3. The summed E-state index contributed by atoms with van der Waals surface area (Å²) in [6.45, 7) is -0.431. The van der Waals surface area contributed by atoms with Crippen LogP contribution in [-0.4, -0.2) is 51.4 Å². The van der Waals surface area contributed by atoms with Gasteiger partial charge in [0, 0.05) is 24.4 Å². The number of hydrogen-bond donors (Lipinski definition) is 1. The van der Waals surface area contributed by atoms with Crippen LogP contribution in [0.1, 0.15) is 22.8 Å². The summed E-state index contributed by atoms with van der Waals surface area (Å²) in [5.74, 6) is -1.99. The van der Waals surface area contributed by atoms with E-state index < -0.39 is 34.4 Å². The molecule has 0 saturated carbocycles. The van der Waals surface area contributed by atoms with Gasteiger partial charge in [-0.25, -0.2) is 0 Å². The molecule has 1 amide bonds. The number of nitrogens with two attached hydrogens (primary N) is 1. The molecule has 2 saturated heterocycles. The lowest BCUT2D eigenvalue weighted by Crippen LogP contribution is -2.73. The molecule has 0 spiro atoms. The van der Waals surface area contributed by atoms with Gasteiger partial charge in [-0.3, -0.25) is 24.5 Å². The Morgan fingerprint density at radius 3 is 2.15 bits per heavy atom. The van der Waals surface area contributed by atoms with Crippen molar-refractivity contribution in [1.29, 1.82) is 0 Å². The smallest absolute Gasteiger partial charge is 0.327 e. The monoisotopic (exact) mass is 547 g/mol. The third-order valence-electron chi connectivity index (χ3n) is 6.85. The van der Waals surface area contributed by atoms with Crippen molar-refractivity contribution in [3.63, 3.8) is 0 Å². The quantitative estimate of drug-likeness (QED) is 0.148. The first-order chi connectivity index (χ1) is 18.8. The predicted molar refractivity (Wildman–Crippen MR) is 142 cm³/mol. The molecule has 3 atom stereocenters. The maximum atomic E-state index is 13.9. The summed E-state index contributed by atoms with van der Waals surface area (Å²) in [7, 11) is 0. The summed E-state index contributed by atoms with van der Waals surface area (Å²) in [4.78, 5) is 51.9. The summed E-state index contributed by atoms with van der Waals surface area (Å²) in [6.07, 6.45) is -0.795. The summed E-state index contributed by atoms with van der Waals surface area (Å²) in [5, 5.41) is 10.6. The van der Waals surface area contributed by atoms with Gasteiger partial charge >= 0.3 is 11.9 Å². The Morgan fingerprint density at radius 2 is 1.59 bits per heavy atom. The molecule has 2 aliphatic rings. The molecule has 200 valence electrons. The highest BCUT2D eigenvalue weighted by Gasteiger charge is 2.61. The second-order valence-corrected chi connectivity index (χ2v) is 10.5. The molecule has 2 unspecified atom stereocenters. The van der Waals surface area contributed by atoms with Crippen molar-refractivity contribution in [2.24, 2.45) is 11.1 Å². The molecule has 10 nitrogen and oxygen atoms in total. The van der Waals surface area contributed by atoms with E-state index in [0.717, 1.165) is 11.1 Å². The van der Waals surface area contributed by atoms with Crippen LogP contribution in [0.15, 0.2) is 84.9 Å². The zero-order valence-electron chi connectivity index (χ0n) is 20.7. The molecule has 0 radical (unpaired) electrons. The van der Waals surface area contributed by atoms with Crippen LogP contribution in [0.4, 0.5) is 5.69 Å². The second-order valence-electron chi connectivity index (χ2n) is 9.38. The highest BCUT2D eigenvalue weighted by Crippen LogP contribution is 2.44. The number of ether oxygens (including phenoxy) is 2. The van der Waals surface area contributed by atoms with Crippen molar-refractivity contribution < 1.29 is 28.8 Å². The maximum absolute atomic E-state index is 13.9. The van der Waals surface area contributed by atoms with Crippen molar-refractivity contribution in [3.05, 3.63) is 112 Å². The molecule has 2 fully saturated rings. The number of nitrogens with zero attached hydrogens (tertiary/aromatic N) is 2. The normalized spacial score (nSPS) is 22.0. The number of rotatable bonds is 8. The van der Waals surface area contributed by atoms with Crippen LogP contribution in [0.3, 0.4) is 0 Å². The van der Waals surface area contributed by atoms with Gasteiger partial charge in [-0.2, -0.15) is 0 Å². The number of thioether (sulfide) groups is 1. The van der Waals surface area contributed by atoms with Crippen LogP contribution in [0.5, 0.6) is 0 Å². The van der Waals surface area contributed by atoms with Gasteiger partial charge in [-0.1, -0.05) is 60.7 Å². The lowest BCUT2D eigenvalue weighted by Gasteiger charge is -2.52. The minimum Gasteiger partial charge on any atom is -0.460 e. The van der Waals surface area contributed by atoms with Crippen molar-refractivity contribution in [3.8, 4) is 0 Å². The van der Waals surface area contributed by atoms with Gasteiger partial charge in [-0.15, -0.1) is 11.8 Å². The average molecular weight is 548 g/mol. The molecular weight excluding hydrogens is 522 g/mol. The number of esters is 2. The molecule has 2 heterocycles. The number of carbonyl (C=O) groups is 3. The number of β-lactam (4-membered cyclic amide) rings is 1. The van der Waals surface area contributed by atoms with E-state index in [9.17, 15) is 24.5 Å². The molecule has 2 N–H and O–H groups in total. The molecule has 39 heavy (non-hydrogen) atoms. The Kier molecular flexibility index (Phi) is 7.36. The Hall–Kier alpha value is -4.22. The molecule has 3 aromatic carbocycles. The SMILES string of the molecule is NC1C(=O)N2CC(C(=O)OCc3ccc([N+](=O)[O-])cc3)(C(=O)OC(c3ccccc3)c3ccccc3)CS[C@H]12. The summed E-state index contributed by atoms with van der Waals surface area (Å²) in [6, 6.07) is 23.2. The number of nitro groups is 1. The lowest BCUT2D eigenvalue weighted by molar-refractivity contribution is -0.384. The van der Waals surface area contributed by atoms with E-state index in [-0.39, 0.29) is 35.9 Å². The van der Waals surface area contributed by atoms with Gasteiger partial charge < -0.3 is 20.1 Å². The molecule has 0 aromatic heterocycles. The van der Waals surface area contributed by atoms with Gasteiger partial charge in [0.15, 0.2) is 11.5 Å². The molecule has 5 rings (SSSR count). The zero-order chi connectivity index (χ0) is 27.6.